The van der Waals surface area contributed by atoms with Gasteiger partial charge in [-0.05, 0) is 30.5 Å². The Hall–Kier alpha value is -1.63. The molecule has 0 radical (unpaired) electrons. The van der Waals surface area contributed by atoms with Crippen molar-refractivity contribution >= 4 is 5.97 Å². The Kier molecular flexibility index (Phi) is 6.18. The van der Waals surface area contributed by atoms with Crippen LogP contribution in [-0.2, 0) is 14.3 Å². The predicted molar refractivity (Wildman–Crippen MR) is 80.9 cm³/mol. The molecule has 2 N–H and O–H groups in total. The molecule has 2 rings (SSSR count). The largest absolute Gasteiger partial charge is 0.508 e. The van der Waals surface area contributed by atoms with Crippen molar-refractivity contribution in [2.75, 3.05) is 33.4 Å². The number of hydrogen-bond donors (Lipinski definition) is 2. The van der Waals surface area contributed by atoms with E-state index in [-0.39, 0.29) is 11.9 Å². The molecule has 1 aliphatic heterocycles. The van der Waals surface area contributed by atoms with Crippen molar-refractivity contribution in [3.8, 4) is 5.75 Å². The van der Waals surface area contributed by atoms with Crippen molar-refractivity contribution in [2.45, 2.75) is 25.0 Å². The number of carbonyl (C=O) groups is 1. The van der Waals surface area contributed by atoms with Crippen LogP contribution in [0.3, 0.4) is 0 Å². The van der Waals surface area contributed by atoms with Gasteiger partial charge in [0.1, 0.15) is 11.8 Å². The summed E-state index contributed by atoms with van der Waals surface area (Å²) >= 11 is 0. The molecule has 1 aromatic carbocycles. The van der Waals surface area contributed by atoms with E-state index in [0.717, 1.165) is 12.8 Å². The molecule has 22 heavy (non-hydrogen) atoms. The minimum Gasteiger partial charge on any atom is -0.508 e. The molecular formula is C16H23NO5. The summed E-state index contributed by atoms with van der Waals surface area (Å²) in [4.78, 5) is 13.6. The maximum Gasteiger partial charge on any atom is 0.325 e. The van der Waals surface area contributed by atoms with Crippen molar-refractivity contribution in [1.82, 2.24) is 4.90 Å². The van der Waals surface area contributed by atoms with Crippen LogP contribution in [0.5, 0.6) is 5.75 Å². The molecule has 0 aliphatic carbocycles. The zero-order chi connectivity index (χ0) is 15.9. The summed E-state index contributed by atoms with van der Waals surface area (Å²) < 4.78 is 10.7. The number of benzene rings is 1. The molecule has 6 nitrogen and oxygen atoms in total. The lowest BCUT2D eigenvalue weighted by molar-refractivity contribution is -0.145. The third kappa shape index (κ3) is 4.43. The van der Waals surface area contributed by atoms with E-state index in [1.165, 1.54) is 12.1 Å². The molecule has 0 unspecified atom stereocenters. The zero-order valence-electron chi connectivity index (χ0n) is 12.8. The molecule has 1 fully saturated rings. The van der Waals surface area contributed by atoms with Crippen molar-refractivity contribution in [1.29, 1.82) is 0 Å². The lowest BCUT2D eigenvalue weighted by Gasteiger charge is -2.35. The van der Waals surface area contributed by atoms with Crippen LogP contribution in [0.4, 0.5) is 0 Å². The van der Waals surface area contributed by atoms with Crippen LogP contribution in [0, 0.1) is 0 Å². The number of phenols is 1. The number of aromatic hydroxyl groups is 1. The number of ether oxygens (including phenoxy) is 2. The summed E-state index contributed by atoms with van der Waals surface area (Å²) in [6.07, 6.45) is 1.75. The molecule has 1 saturated heterocycles. The average Bonchev–Trinajstić information content (AvgIpc) is 2.49. The van der Waals surface area contributed by atoms with Gasteiger partial charge >= 0.3 is 5.97 Å². The highest BCUT2D eigenvalue weighted by atomic mass is 16.5. The van der Waals surface area contributed by atoms with Crippen LogP contribution in [-0.4, -0.2) is 60.6 Å². The van der Waals surface area contributed by atoms with Gasteiger partial charge in [-0.25, -0.2) is 0 Å². The standard InChI is InChI=1S/C16H23NO5/c1-21-9-10-22-14-5-7-17(8-6-14)15(16(19)20)12-3-2-4-13(18)11-12/h2-4,11,14-15,18H,5-10H2,1H3,(H,19,20)/t15-/m0/s1. The Morgan fingerprint density at radius 2 is 2.09 bits per heavy atom. The molecular weight excluding hydrogens is 286 g/mol. The molecule has 1 atom stereocenters. The molecule has 0 spiro atoms. The Labute approximate surface area is 130 Å². The van der Waals surface area contributed by atoms with Crippen molar-refractivity contribution < 1.29 is 24.5 Å². The molecule has 1 aromatic rings. The van der Waals surface area contributed by atoms with Gasteiger partial charge in [-0.1, -0.05) is 12.1 Å². The molecule has 6 heteroatoms. The monoisotopic (exact) mass is 309 g/mol. The van der Waals surface area contributed by atoms with E-state index >= 15 is 0 Å². The van der Waals surface area contributed by atoms with Gasteiger partial charge in [0.05, 0.1) is 19.3 Å². The summed E-state index contributed by atoms with van der Waals surface area (Å²) in [5, 5.41) is 19.1. The lowest BCUT2D eigenvalue weighted by atomic mass is 10.0. The Morgan fingerprint density at radius 3 is 2.68 bits per heavy atom. The number of piperidine rings is 1. The fourth-order valence-corrected chi connectivity index (χ4v) is 2.80. The Morgan fingerprint density at radius 1 is 1.36 bits per heavy atom. The van der Waals surface area contributed by atoms with E-state index in [1.54, 1.807) is 19.2 Å². The van der Waals surface area contributed by atoms with Crippen LogP contribution < -0.4 is 0 Å². The number of aliphatic carboxylic acids is 1. The first-order valence-electron chi connectivity index (χ1n) is 7.48. The Balaban J connectivity index is 1.96. The zero-order valence-corrected chi connectivity index (χ0v) is 12.8. The number of rotatable bonds is 7. The highest BCUT2D eigenvalue weighted by Gasteiger charge is 2.31. The van der Waals surface area contributed by atoms with Crippen molar-refractivity contribution in [3.63, 3.8) is 0 Å². The quantitative estimate of drug-likeness (QED) is 0.746. The second-order valence-corrected chi connectivity index (χ2v) is 5.43. The van der Waals surface area contributed by atoms with Crippen molar-refractivity contribution in [2.24, 2.45) is 0 Å². The third-order valence-electron chi connectivity index (χ3n) is 3.90. The average molecular weight is 309 g/mol. The molecule has 1 heterocycles. The van der Waals surface area contributed by atoms with Gasteiger partial charge in [-0.15, -0.1) is 0 Å². The molecule has 0 aromatic heterocycles. The predicted octanol–water partition coefficient (Wildman–Crippen LogP) is 1.65. The fraction of sp³-hybridized carbons (Fsp3) is 0.562. The second-order valence-electron chi connectivity index (χ2n) is 5.43. The summed E-state index contributed by atoms with van der Waals surface area (Å²) in [5.41, 5.74) is 0.603. The maximum atomic E-state index is 11.6. The van der Waals surface area contributed by atoms with Crippen LogP contribution in [0.2, 0.25) is 0 Å². The van der Waals surface area contributed by atoms with Gasteiger partial charge in [-0.2, -0.15) is 0 Å². The smallest absolute Gasteiger partial charge is 0.325 e. The molecule has 0 bridgehead atoms. The van der Waals surface area contributed by atoms with Crippen LogP contribution in [0.1, 0.15) is 24.4 Å². The maximum absolute atomic E-state index is 11.6. The number of nitrogens with zero attached hydrogens (tertiary/aromatic N) is 1. The third-order valence-corrected chi connectivity index (χ3v) is 3.90. The van der Waals surface area contributed by atoms with E-state index in [9.17, 15) is 15.0 Å². The van der Waals surface area contributed by atoms with Gasteiger partial charge in [0.25, 0.3) is 0 Å². The minimum atomic E-state index is -0.899. The van der Waals surface area contributed by atoms with Crippen molar-refractivity contribution in [3.05, 3.63) is 29.8 Å². The minimum absolute atomic E-state index is 0.0848. The van der Waals surface area contributed by atoms with Gasteiger partial charge in [0, 0.05) is 20.2 Å². The first-order chi connectivity index (χ1) is 10.6. The van der Waals surface area contributed by atoms with Gasteiger partial charge in [0.2, 0.25) is 0 Å². The number of methoxy groups -OCH3 is 1. The number of likely N-dealkylation sites (tertiary alicyclic amines) is 1. The topological polar surface area (TPSA) is 79.2 Å². The van der Waals surface area contributed by atoms with Crippen LogP contribution >= 0.6 is 0 Å². The molecule has 0 saturated carbocycles. The van der Waals surface area contributed by atoms with E-state index in [1.807, 2.05) is 4.90 Å². The summed E-state index contributed by atoms with van der Waals surface area (Å²) in [6, 6.07) is 5.73. The number of carboxylic acids is 1. The normalized spacial score (nSPS) is 18.2. The van der Waals surface area contributed by atoms with Crippen LogP contribution in [0.25, 0.3) is 0 Å². The van der Waals surface area contributed by atoms with Crippen LogP contribution in [0.15, 0.2) is 24.3 Å². The second kappa shape index (κ2) is 8.12. The molecule has 1 aliphatic rings. The van der Waals surface area contributed by atoms with E-state index in [2.05, 4.69) is 0 Å². The lowest BCUT2D eigenvalue weighted by Crippen LogP contribution is -2.42. The summed E-state index contributed by atoms with van der Waals surface area (Å²) in [7, 11) is 1.64. The summed E-state index contributed by atoms with van der Waals surface area (Å²) in [5.74, 6) is -0.814. The number of carboxylic acid groups (broad SMARTS) is 1. The Bertz CT molecular complexity index is 485. The first kappa shape index (κ1) is 16.7. The van der Waals surface area contributed by atoms with E-state index < -0.39 is 12.0 Å². The van der Waals surface area contributed by atoms with E-state index in [0.29, 0.717) is 31.9 Å². The number of hydrogen-bond acceptors (Lipinski definition) is 5. The number of phenolic OH excluding ortho intramolecular Hbond substituents is 1. The first-order valence-corrected chi connectivity index (χ1v) is 7.48. The van der Waals surface area contributed by atoms with Gasteiger partial charge < -0.3 is 19.7 Å². The SMILES string of the molecule is COCCOC1CCN([C@H](C(=O)O)c2cccc(O)c2)CC1. The fourth-order valence-electron chi connectivity index (χ4n) is 2.80. The highest BCUT2D eigenvalue weighted by molar-refractivity contribution is 5.75. The highest BCUT2D eigenvalue weighted by Crippen LogP contribution is 2.27. The van der Waals surface area contributed by atoms with E-state index in [4.69, 9.17) is 9.47 Å². The van der Waals surface area contributed by atoms with Gasteiger partial charge in [-0.3, -0.25) is 9.69 Å². The molecule has 122 valence electrons. The van der Waals surface area contributed by atoms with Gasteiger partial charge in [0.15, 0.2) is 0 Å². The summed E-state index contributed by atoms with van der Waals surface area (Å²) in [6.45, 7) is 2.45. The molecule has 0 amide bonds.